The molecule has 0 aliphatic heterocycles. The van der Waals surface area contributed by atoms with Gasteiger partial charge in [-0.3, -0.25) is 8.80 Å². The van der Waals surface area contributed by atoms with Crippen LogP contribution in [0.25, 0.3) is 54.6 Å². The highest BCUT2D eigenvalue weighted by molar-refractivity contribution is 6.12. The lowest BCUT2D eigenvalue weighted by Gasteiger charge is -2.20. The average Bonchev–Trinajstić information content (AvgIpc) is 3.72. The smallest absolute Gasteiger partial charge is 0.145 e. The van der Waals surface area contributed by atoms with E-state index in [1.165, 1.54) is 78.6 Å². The van der Waals surface area contributed by atoms with Gasteiger partial charge in [0.05, 0.1) is 22.4 Å². The van der Waals surface area contributed by atoms with Crippen LogP contribution in [0.1, 0.15) is 83.3 Å². The van der Waals surface area contributed by atoms with Crippen molar-refractivity contribution in [1.29, 1.82) is 0 Å². The van der Waals surface area contributed by atoms with Gasteiger partial charge in [-0.15, -0.1) is 0 Å². The van der Waals surface area contributed by atoms with Crippen molar-refractivity contribution >= 4 is 54.6 Å². The molecular formula is C48H50N4. The predicted molar refractivity (Wildman–Crippen MR) is 220 cm³/mol. The lowest BCUT2D eigenvalue weighted by Crippen LogP contribution is -2.09. The monoisotopic (exact) mass is 682 g/mol. The first-order chi connectivity index (χ1) is 25.0. The summed E-state index contributed by atoms with van der Waals surface area (Å²) in [5.41, 5.74) is 11.7. The number of aromatic nitrogens is 4. The number of rotatable bonds is 6. The van der Waals surface area contributed by atoms with Crippen LogP contribution in [0.15, 0.2) is 109 Å². The van der Waals surface area contributed by atoms with Crippen LogP contribution in [0.2, 0.25) is 0 Å². The molecular weight excluding hydrogens is 633 g/mol. The molecule has 1 atom stereocenters. The van der Waals surface area contributed by atoms with E-state index in [0.29, 0.717) is 5.92 Å². The fourth-order valence-corrected chi connectivity index (χ4v) is 8.98. The largest absolute Gasteiger partial charge is 0.299 e. The highest BCUT2D eigenvalue weighted by Gasteiger charge is 2.21. The summed E-state index contributed by atoms with van der Waals surface area (Å²) in [7, 11) is 0. The van der Waals surface area contributed by atoms with Crippen LogP contribution in [-0.4, -0.2) is 18.8 Å². The first kappa shape index (κ1) is 32.9. The Balaban J connectivity index is 1.04. The number of imidazole rings is 2. The molecule has 0 amide bonds. The Hall–Kier alpha value is -4.96. The van der Waals surface area contributed by atoms with E-state index in [0.717, 1.165) is 49.1 Å². The Labute approximate surface area is 307 Å². The summed E-state index contributed by atoms with van der Waals surface area (Å²) >= 11 is 0. The molecule has 4 nitrogen and oxygen atoms in total. The Kier molecular flexibility index (Phi) is 7.80. The van der Waals surface area contributed by atoms with Crippen LogP contribution in [0.4, 0.5) is 0 Å². The summed E-state index contributed by atoms with van der Waals surface area (Å²) in [4.78, 5) is 10.6. The number of nitrogens with zero attached hydrogens (tertiary/aromatic N) is 4. The molecule has 4 heteroatoms. The molecule has 4 aromatic carbocycles. The van der Waals surface area contributed by atoms with E-state index in [4.69, 9.17) is 9.97 Å². The average molecular weight is 683 g/mol. The van der Waals surface area contributed by atoms with Crippen LogP contribution in [0.5, 0.6) is 0 Å². The van der Waals surface area contributed by atoms with Crippen molar-refractivity contribution in [3.63, 3.8) is 0 Å². The van der Waals surface area contributed by atoms with Gasteiger partial charge in [-0.05, 0) is 101 Å². The van der Waals surface area contributed by atoms with Crippen molar-refractivity contribution < 1.29 is 0 Å². The molecule has 0 saturated heterocycles. The maximum Gasteiger partial charge on any atom is 0.145 e. The minimum Gasteiger partial charge on any atom is -0.299 e. The first-order valence-electron chi connectivity index (χ1n) is 19.3. The van der Waals surface area contributed by atoms with Crippen molar-refractivity contribution in [3.8, 4) is 0 Å². The fourth-order valence-electron chi connectivity index (χ4n) is 8.98. The Morgan fingerprint density at radius 3 is 1.63 bits per heavy atom. The van der Waals surface area contributed by atoms with Gasteiger partial charge in [-0.1, -0.05) is 114 Å². The summed E-state index contributed by atoms with van der Waals surface area (Å²) < 4.78 is 4.69. The normalized spacial score (nSPS) is 15.9. The van der Waals surface area contributed by atoms with Gasteiger partial charge >= 0.3 is 0 Å². The van der Waals surface area contributed by atoms with E-state index in [2.05, 4.69) is 154 Å². The van der Waals surface area contributed by atoms with Crippen molar-refractivity contribution in [1.82, 2.24) is 18.8 Å². The van der Waals surface area contributed by atoms with E-state index >= 15 is 0 Å². The summed E-state index contributed by atoms with van der Waals surface area (Å²) in [5, 5.41) is 7.65. The van der Waals surface area contributed by atoms with Crippen LogP contribution < -0.4 is 0 Å². The maximum atomic E-state index is 5.31. The summed E-state index contributed by atoms with van der Waals surface area (Å²) in [6.45, 7) is 13.9. The molecule has 0 bridgehead atoms. The topological polar surface area (TPSA) is 34.6 Å². The number of pyridine rings is 2. The van der Waals surface area contributed by atoms with Crippen molar-refractivity contribution in [3.05, 3.63) is 131 Å². The number of fused-ring (bicyclic) bond motifs is 12. The van der Waals surface area contributed by atoms with Gasteiger partial charge in [0.15, 0.2) is 0 Å². The van der Waals surface area contributed by atoms with E-state index in [-0.39, 0.29) is 10.8 Å². The zero-order valence-corrected chi connectivity index (χ0v) is 31.6. The van der Waals surface area contributed by atoms with E-state index in [1.54, 1.807) is 0 Å². The molecule has 262 valence electrons. The zero-order chi connectivity index (χ0) is 35.8. The highest BCUT2D eigenvalue weighted by Crippen LogP contribution is 2.35. The third-order valence-electron chi connectivity index (χ3n) is 11.0. The van der Waals surface area contributed by atoms with Gasteiger partial charge in [0.2, 0.25) is 0 Å². The molecule has 0 fully saturated rings. The SMILES string of the molecule is CC(C)(C)Cc1ccc2c(c1)c1ccccc1c1nc(CC3=C[C@@H](Cc4cn5c6ccc(CC(C)(C)C)cc6c6ccccc6c5n4)CCC3)cn21. The standard InChI is InChI=1S/C48H50N4/c1-47(2,3)27-33-18-20-43-41(25-33)37-14-7-9-16-39(37)45-49-35(29-51(43)45)23-31-12-11-13-32(22-31)24-36-30-52-44-21-19-34(28-48(4,5)6)26-42(44)38-15-8-10-17-40(38)46(52)50-36/h7-10,14-22,25-26,29-31H,11-13,23-24,27-28H2,1-6H3/t31-/m0/s1. The molecule has 8 aromatic rings. The molecule has 52 heavy (non-hydrogen) atoms. The van der Waals surface area contributed by atoms with E-state index < -0.39 is 0 Å². The minimum atomic E-state index is 0.242. The fraction of sp³-hybridized carbons (Fsp3) is 0.333. The van der Waals surface area contributed by atoms with Crippen LogP contribution in [0, 0.1) is 16.7 Å². The van der Waals surface area contributed by atoms with E-state index in [1.807, 2.05) is 0 Å². The molecule has 1 aliphatic carbocycles. The second-order valence-corrected chi connectivity index (χ2v) is 18.0. The summed E-state index contributed by atoms with van der Waals surface area (Å²) in [5.74, 6) is 0.476. The number of hydrogen-bond donors (Lipinski definition) is 0. The number of hydrogen-bond acceptors (Lipinski definition) is 2. The van der Waals surface area contributed by atoms with Gasteiger partial charge in [-0.2, -0.15) is 0 Å². The summed E-state index contributed by atoms with van der Waals surface area (Å²) in [6.07, 6.45) is 14.7. The van der Waals surface area contributed by atoms with Crippen molar-refractivity contribution in [2.24, 2.45) is 16.7 Å². The molecule has 0 saturated carbocycles. The lowest BCUT2D eigenvalue weighted by atomic mass is 9.86. The molecule has 1 aliphatic rings. The first-order valence-corrected chi connectivity index (χ1v) is 19.3. The third-order valence-corrected chi connectivity index (χ3v) is 11.0. The highest BCUT2D eigenvalue weighted by atomic mass is 15.0. The molecule has 0 radical (unpaired) electrons. The van der Waals surface area contributed by atoms with Gasteiger partial charge in [-0.25, -0.2) is 9.97 Å². The third kappa shape index (κ3) is 6.16. The van der Waals surface area contributed by atoms with Gasteiger partial charge < -0.3 is 0 Å². The second-order valence-electron chi connectivity index (χ2n) is 18.0. The van der Waals surface area contributed by atoms with Gasteiger partial charge in [0, 0.05) is 40.4 Å². The molecule has 0 unspecified atom stereocenters. The maximum absolute atomic E-state index is 5.31. The van der Waals surface area contributed by atoms with Crippen LogP contribution in [-0.2, 0) is 25.7 Å². The Morgan fingerprint density at radius 2 is 1.10 bits per heavy atom. The van der Waals surface area contributed by atoms with Gasteiger partial charge in [0.1, 0.15) is 11.3 Å². The second kappa shape index (κ2) is 12.3. The van der Waals surface area contributed by atoms with Gasteiger partial charge in [0.25, 0.3) is 0 Å². The zero-order valence-electron chi connectivity index (χ0n) is 31.6. The predicted octanol–water partition coefficient (Wildman–Crippen LogP) is 12.3. The lowest BCUT2D eigenvalue weighted by molar-refractivity contribution is 0.411. The Morgan fingerprint density at radius 1 is 0.596 bits per heavy atom. The molecule has 4 heterocycles. The molecule has 4 aromatic heterocycles. The number of allylic oxidation sites excluding steroid dienone is 2. The van der Waals surface area contributed by atoms with Crippen LogP contribution >= 0.6 is 0 Å². The molecule has 0 N–H and O–H groups in total. The molecule has 9 rings (SSSR count). The minimum absolute atomic E-state index is 0.242. The van der Waals surface area contributed by atoms with Crippen molar-refractivity contribution in [2.45, 2.75) is 86.5 Å². The molecule has 0 spiro atoms. The quantitative estimate of drug-likeness (QED) is 0.129. The van der Waals surface area contributed by atoms with E-state index in [9.17, 15) is 0 Å². The van der Waals surface area contributed by atoms with Crippen molar-refractivity contribution in [2.75, 3.05) is 0 Å². The van der Waals surface area contributed by atoms with Crippen LogP contribution in [0.3, 0.4) is 0 Å². The number of benzene rings is 4. The Bertz CT molecular complexity index is 2690. The summed E-state index contributed by atoms with van der Waals surface area (Å²) in [6, 6.07) is 31.7.